The molecule has 0 radical (unpaired) electrons. The van der Waals surface area contributed by atoms with Crippen molar-refractivity contribution in [3.8, 4) is 17.2 Å². The molecule has 0 aliphatic heterocycles. The first-order valence-corrected chi connectivity index (χ1v) is 7.57. The maximum absolute atomic E-state index is 10.8. The molecule has 4 heteroatoms. The van der Waals surface area contributed by atoms with Crippen LogP contribution < -0.4 is 14.2 Å². The fraction of sp³-hybridized carbons (Fsp3) is 0.455. The first-order chi connectivity index (χ1) is 18.7. The number of hydrogen-bond acceptors (Lipinski definition) is 4. The average Bonchev–Trinajstić information content (AvgIpc) is 2.84. The van der Waals surface area contributed by atoms with E-state index in [-0.39, 0.29) is 11.1 Å². The van der Waals surface area contributed by atoms with Crippen molar-refractivity contribution in [1.29, 1.82) is 0 Å². The van der Waals surface area contributed by atoms with E-state index in [1.54, 1.807) is 0 Å². The topological polar surface area (TPSA) is 47.9 Å². The Kier molecular flexibility index (Phi) is 2.88. The van der Waals surface area contributed by atoms with Crippen molar-refractivity contribution in [3.05, 3.63) is 52.9 Å². The molecule has 4 nitrogen and oxygen atoms in total. The number of aliphatic hydroxyl groups is 1. The molecule has 0 saturated carbocycles. The molecule has 0 aliphatic rings. The van der Waals surface area contributed by atoms with Gasteiger partial charge in [-0.05, 0) is 73.9 Å². The van der Waals surface area contributed by atoms with Crippen LogP contribution in [0.1, 0.15) is 57.8 Å². The van der Waals surface area contributed by atoms with Gasteiger partial charge in [0.25, 0.3) is 0 Å². The number of methoxy groups -OCH3 is 2. The summed E-state index contributed by atoms with van der Waals surface area (Å²) in [6.45, 7) is -0.860. The third-order valence-electron chi connectivity index (χ3n) is 3.26. The van der Waals surface area contributed by atoms with E-state index in [4.69, 9.17) is 36.1 Å². The van der Waals surface area contributed by atoms with E-state index in [1.165, 1.54) is 13.8 Å². The van der Waals surface area contributed by atoms with E-state index < -0.39 is 104 Å². The maximum atomic E-state index is 10.8. The fourth-order valence-electron chi connectivity index (χ4n) is 1.78. The molecule has 0 fully saturated rings. The lowest BCUT2D eigenvalue weighted by molar-refractivity contribution is 0.0976. The number of benzene rings is 2. The Morgan fingerprint density at radius 3 is 2.77 bits per heavy atom. The summed E-state index contributed by atoms with van der Waals surface area (Å²) in [4.78, 5) is 0. The summed E-state index contributed by atoms with van der Waals surface area (Å²) in [7, 11) is -2.08. The van der Waals surface area contributed by atoms with Crippen LogP contribution in [0, 0.1) is 13.8 Å². The minimum atomic E-state index is -3.89. The minimum absolute atomic E-state index is 0.141. The Morgan fingerprint density at radius 2 is 2.00 bits per heavy atom. The van der Waals surface area contributed by atoms with Crippen molar-refractivity contribution in [2.75, 3.05) is 20.7 Å². The Balaban J connectivity index is 2.51. The van der Waals surface area contributed by atoms with Gasteiger partial charge in [-0.1, -0.05) is 18.5 Å². The van der Waals surface area contributed by atoms with Gasteiger partial charge >= 0.3 is 0 Å². The second-order valence-electron chi connectivity index (χ2n) is 5.11. The molecule has 0 amide bonds. The van der Waals surface area contributed by atoms with Crippen molar-refractivity contribution in [2.24, 2.45) is 0 Å². The summed E-state index contributed by atoms with van der Waals surface area (Å²) in [5, 5.41) is 10.8. The van der Waals surface area contributed by atoms with Crippen LogP contribution in [0.2, 0.25) is 0 Å². The fourth-order valence-corrected chi connectivity index (χ4v) is 1.78. The molecular formula is C22H30O4. The minimum Gasteiger partial charge on any atom is -0.493 e. The standard InChI is InChI=1S/C22H30O4/c1-16-9-11-20(13-17(16)2)26-15-19(23)8-6-5-7-18-10-12-21(24-3)22(14-18)25-4/h9-14,19,23H,5-8,15H2,1-4H3/i4D3,5D2,8D2,9D,10D,11D,12D,13D,14D,15D2,19D. The van der Waals surface area contributed by atoms with Gasteiger partial charge in [-0.15, -0.1) is 0 Å². The van der Waals surface area contributed by atoms with Gasteiger partial charge in [0.2, 0.25) is 0 Å². The Hall–Kier alpha value is -2.20. The van der Waals surface area contributed by atoms with E-state index >= 15 is 0 Å². The number of ether oxygens (including phenoxy) is 3. The normalized spacial score (nSPS) is 24.2. The van der Waals surface area contributed by atoms with Crippen molar-refractivity contribution >= 4 is 0 Å². The predicted molar refractivity (Wildman–Crippen MR) is 105 cm³/mol. The first-order valence-electron chi connectivity index (χ1n) is 15.6. The van der Waals surface area contributed by atoms with Crippen LogP contribution >= 0.6 is 0 Å². The molecule has 0 aliphatic carbocycles. The maximum Gasteiger partial charge on any atom is 0.160 e. The highest BCUT2D eigenvalue weighted by atomic mass is 16.5. The molecule has 142 valence electrons. The average molecular weight is 375 g/mol. The Labute approximate surface area is 179 Å². The molecule has 0 spiro atoms. The third kappa shape index (κ3) is 5.95. The molecule has 0 saturated heterocycles. The third-order valence-corrected chi connectivity index (χ3v) is 3.26. The summed E-state index contributed by atoms with van der Waals surface area (Å²) in [6.07, 6.45) is -12.7. The quantitative estimate of drug-likeness (QED) is 0.666. The van der Waals surface area contributed by atoms with Gasteiger partial charge < -0.3 is 19.3 Å². The Morgan fingerprint density at radius 1 is 1.15 bits per heavy atom. The van der Waals surface area contributed by atoms with Gasteiger partial charge in [-0.2, -0.15) is 0 Å². The van der Waals surface area contributed by atoms with Crippen molar-refractivity contribution in [1.82, 2.24) is 0 Å². The first kappa shape index (κ1) is 7.43. The van der Waals surface area contributed by atoms with Crippen molar-refractivity contribution in [2.45, 2.75) is 45.5 Å². The van der Waals surface area contributed by atoms with Gasteiger partial charge in [0.1, 0.15) is 12.3 Å². The molecule has 2 aromatic carbocycles. The Bertz CT molecular complexity index is 1320. The van der Waals surface area contributed by atoms with Crippen LogP contribution in [0.5, 0.6) is 17.2 Å². The van der Waals surface area contributed by atoms with Gasteiger partial charge in [0.15, 0.2) is 11.5 Å². The summed E-state index contributed by atoms with van der Waals surface area (Å²) >= 11 is 0. The predicted octanol–water partition coefficient (Wildman–Crippen LogP) is 4.47. The SMILES string of the molecule is [2H]c1c([2H])c(OC([2H])([2H])C([2H])(O)C([2H])([2H])CC([2H])([2H])Cc2c([2H])c([2H])c(OC)c(OC([2H])([2H])[2H])c2[2H])c([2H])c(C)c1C. The lowest BCUT2D eigenvalue weighted by Crippen LogP contribution is -2.17. The molecule has 26 heavy (non-hydrogen) atoms. The zero-order valence-electron chi connectivity index (χ0n) is 30.6. The van der Waals surface area contributed by atoms with Crippen LogP contribution in [0.4, 0.5) is 0 Å². The van der Waals surface area contributed by atoms with Crippen molar-refractivity contribution in [3.63, 3.8) is 0 Å². The molecule has 0 aromatic heterocycles. The second kappa shape index (κ2) is 10.1. The highest BCUT2D eigenvalue weighted by molar-refractivity contribution is 5.42. The highest BCUT2D eigenvalue weighted by Crippen LogP contribution is 2.28. The van der Waals surface area contributed by atoms with E-state index in [0.717, 1.165) is 7.11 Å². The zero-order chi connectivity index (χ0) is 33.0. The van der Waals surface area contributed by atoms with Gasteiger partial charge in [-0.3, -0.25) is 0 Å². The largest absolute Gasteiger partial charge is 0.493 e. The van der Waals surface area contributed by atoms with Crippen LogP contribution in [0.3, 0.4) is 0 Å². The van der Waals surface area contributed by atoms with Crippen LogP contribution in [0.25, 0.3) is 0 Å². The lowest BCUT2D eigenvalue weighted by Gasteiger charge is -2.13. The molecular weight excluding hydrogens is 328 g/mol. The van der Waals surface area contributed by atoms with E-state index in [2.05, 4.69) is 0 Å². The summed E-state index contributed by atoms with van der Waals surface area (Å²) in [6, 6.07) is -4.04. The zero-order valence-corrected chi connectivity index (χ0v) is 14.6. The molecule has 1 atom stereocenters. The summed E-state index contributed by atoms with van der Waals surface area (Å²) in [5.41, 5.74) is -0.210. The monoisotopic (exact) mass is 374 g/mol. The van der Waals surface area contributed by atoms with Crippen LogP contribution in [-0.2, 0) is 6.42 Å². The van der Waals surface area contributed by atoms with E-state index in [9.17, 15) is 5.11 Å². The van der Waals surface area contributed by atoms with Crippen molar-refractivity contribution < 1.29 is 41.2 Å². The highest BCUT2D eigenvalue weighted by Gasteiger charge is 2.07. The number of hydrogen-bond donors (Lipinski definition) is 1. The van der Waals surface area contributed by atoms with E-state index in [1.807, 2.05) is 0 Å². The second-order valence-corrected chi connectivity index (χ2v) is 5.11. The summed E-state index contributed by atoms with van der Waals surface area (Å²) in [5.74, 6) is -2.19. The summed E-state index contributed by atoms with van der Waals surface area (Å²) < 4.78 is 143. The molecule has 0 bridgehead atoms. The van der Waals surface area contributed by atoms with E-state index in [0.29, 0.717) is 0 Å². The van der Waals surface area contributed by atoms with Gasteiger partial charge in [0, 0.05) is 5.48 Å². The smallest absolute Gasteiger partial charge is 0.160 e. The lowest BCUT2D eigenvalue weighted by atomic mass is 10.0. The van der Waals surface area contributed by atoms with Crippen LogP contribution in [0.15, 0.2) is 36.3 Å². The molecule has 2 rings (SSSR count). The van der Waals surface area contributed by atoms with Gasteiger partial charge in [-0.25, -0.2) is 0 Å². The van der Waals surface area contributed by atoms with Crippen LogP contribution in [-0.4, -0.2) is 31.9 Å². The molecule has 2 aromatic rings. The molecule has 1 unspecified atom stereocenters. The number of rotatable bonds is 10. The molecule has 0 heterocycles. The van der Waals surface area contributed by atoms with Gasteiger partial charge in [0.05, 0.1) is 36.7 Å². The molecule has 1 N–H and O–H groups in total.